The number of aromatic nitrogens is 2. The van der Waals surface area contributed by atoms with Gasteiger partial charge >= 0.3 is 0 Å². The third kappa shape index (κ3) is 4.42. The Morgan fingerprint density at radius 2 is 1.96 bits per heavy atom. The Hall–Kier alpha value is -2.27. The molecule has 1 N–H and O–H groups in total. The Morgan fingerprint density at radius 1 is 1.20 bits per heavy atom. The van der Waals surface area contributed by atoms with Gasteiger partial charge < -0.3 is 9.88 Å². The number of carbonyl (C=O) groups is 1. The standard InChI is InChI=1S/C20H23N3OS/c1-14(2)23(12-16-7-5-4-6-8-16)19(24)13-25-20-21-17-10-9-15(3)11-18(17)22-20/h4-11,14H,12-13H2,1-3H3,(H,21,22). The Balaban J connectivity index is 1.66. The maximum absolute atomic E-state index is 12.7. The molecule has 3 aromatic rings. The van der Waals surface area contributed by atoms with Crippen molar-refractivity contribution in [3.05, 3.63) is 59.7 Å². The van der Waals surface area contributed by atoms with Crippen LogP contribution in [0.15, 0.2) is 53.7 Å². The molecule has 0 unspecified atom stereocenters. The first-order valence-electron chi connectivity index (χ1n) is 8.45. The van der Waals surface area contributed by atoms with Gasteiger partial charge in [0, 0.05) is 12.6 Å². The van der Waals surface area contributed by atoms with Crippen molar-refractivity contribution >= 4 is 28.7 Å². The SMILES string of the molecule is Cc1ccc2nc(SCC(=O)N(Cc3ccccc3)C(C)C)[nH]c2c1. The molecule has 3 rings (SSSR count). The topological polar surface area (TPSA) is 49.0 Å². The molecule has 1 aromatic heterocycles. The van der Waals surface area contributed by atoms with Gasteiger partial charge in [-0.05, 0) is 44.0 Å². The van der Waals surface area contributed by atoms with Crippen LogP contribution >= 0.6 is 11.8 Å². The van der Waals surface area contributed by atoms with Crippen molar-refractivity contribution in [2.24, 2.45) is 0 Å². The van der Waals surface area contributed by atoms with Crippen LogP contribution < -0.4 is 0 Å². The van der Waals surface area contributed by atoms with Gasteiger partial charge in [-0.25, -0.2) is 4.98 Å². The van der Waals surface area contributed by atoms with E-state index in [9.17, 15) is 4.79 Å². The highest BCUT2D eigenvalue weighted by atomic mass is 32.2. The number of aromatic amines is 1. The fraction of sp³-hybridized carbons (Fsp3) is 0.300. The molecule has 1 amide bonds. The number of thioether (sulfide) groups is 1. The van der Waals surface area contributed by atoms with Crippen LogP contribution in [0.3, 0.4) is 0 Å². The molecule has 0 aliphatic heterocycles. The third-order valence-corrected chi connectivity index (χ3v) is 4.95. The molecule has 2 aromatic carbocycles. The summed E-state index contributed by atoms with van der Waals surface area (Å²) in [6, 6.07) is 16.4. The average Bonchev–Trinajstić information content (AvgIpc) is 3.00. The zero-order valence-corrected chi connectivity index (χ0v) is 15.6. The molecular weight excluding hydrogens is 330 g/mol. The quantitative estimate of drug-likeness (QED) is 0.668. The highest BCUT2D eigenvalue weighted by Gasteiger charge is 2.18. The second-order valence-corrected chi connectivity index (χ2v) is 7.42. The maximum atomic E-state index is 12.7. The fourth-order valence-electron chi connectivity index (χ4n) is 2.72. The zero-order chi connectivity index (χ0) is 17.8. The monoisotopic (exact) mass is 353 g/mol. The number of hydrogen-bond donors (Lipinski definition) is 1. The minimum absolute atomic E-state index is 0.125. The lowest BCUT2D eigenvalue weighted by Crippen LogP contribution is -2.37. The van der Waals surface area contributed by atoms with Crippen LogP contribution in [-0.4, -0.2) is 32.6 Å². The summed E-state index contributed by atoms with van der Waals surface area (Å²) >= 11 is 1.46. The van der Waals surface area contributed by atoms with Crippen molar-refractivity contribution in [1.29, 1.82) is 0 Å². The Bertz CT molecular complexity index is 858. The Labute approximate surface area is 152 Å². The number of benzene rings is 2. The van der Waals surface area contributed by atoms with E-state index in [-0.39, 0.29) is 11.9 Å². The Kier molecular flexibility index (Phi) is 5.43. The smallest absolute Gasteiger partial charge is 0.233 e. The summed E-state index contributed by atoms with van der Waals surface area (Å²) in [7, 11) is 0. The number of carbonyl (C=O) groups excluding carboxylic acids is 1. The number of H-pyrrole nitrogens is 1. The molecule has 0 fully saturated rings. The highest BCUT2D eigenvalue weighted by Crippen LogP contribution is 2.21. The van der Waals surface area contributed by atoms with Gasteiger partial charge in [-0.1, -0.05) is 48.2 Å². The lowest BCUT2D eigenvalue weighted by Gasteiger charge is -2.26. The zero-order valence-electron chi connectivity index (χ0n) is 14.8. The lowest BCUT2D eigenvalue weighted by molar-refractivity contribution is -0.130. The summed E-state index contributed by atoms with van der Waals surface area (Å²) < 4.78 is 0. The summed E-state index contributed by atoms with van der Waals surface area (Å²) in [5.74, 6) is 0.504. The van der Waals surface area contributed by atoms with E-state index in [1.54, 1.807) is 0 Å². The number of amides is 1. The molecule has 0 bridgehead atoms. The molecule has 0 radical (unpaired) electrons. The molecule has 0 aliphatic carbocycles. The predicted molar refractivity (Wildman–Crippen MR) is 104 cm³/mol. The van der Waals surface area contributed by atoms with Crippen LogP contribution in [0.5, 0.6) is 0 Å². The van der Waals surface area contributed by atoms with E-state index in [4.69, 9.17) is 0 Å². The number of fused-ring (bicyclic) bond motifs is 1. The first-order valence-corrected chi connectivity index (χ1v) is 9.44. The van der Waals surface area contributed by atoms with E-state index in [0.717, 1.165) is 21.8 Å². The predicted octanol–water partition coefficient (Wildman–Crippen LogP) is 4.40. The molecule has 0 aliphatic rings. The molecule has 4 nitrogen and oxygen atoms in total. The van der Waals surface area contributed by atoms with Crippen LogP contribution in [-0.2, 0) is 11.3 Å². The van der Waals surface area contributed by atoms with Crippen molar-refractivity contribution in [2.45, 2.75) is 38.5 Å². The number of aryl methyl sites for hydroxylation is 1. The van der Waals surface area contributed by atoms with Crippen molar-refractivity contribution in [3.63, 3.8) is 0 Å². The number of imidazole rings is 1. The molecule has 1 heterocycles. The highest BCUT2D eigenvalue weighted by molar-refractivity contribution is 7.99. The van der Waals surface area contributed by atoms with Crippen LogP contribution in [0.25, 0.3) is 11.0 Å². The normalized spacial score (nSPS) is 11.2. The minimum atomic E-state index is 0.125. The molecule has 130 valence electrons. The van der Waals surface area contributed by atoms with E-state index in [1.165, 1.54) is 17.3 Å². The van der Waals surface area contributed by atoms with Gasteiger partial charge in [-0.15, -0.1) is 0 Å². The first kappa shape index (κ1) is 17.5. The maximum Gasteiger partial charge on any atom is 0.233 e. The van der Waals surface area contributed by atoms with Crippen LogP contribution in [0.2, 0.25) is 0 Å². The minimum Gasteiger partial charge on any atom is -0.335 e. The lowest BCUT2D eigenvalue weighted by atomic mass is 10.2. The summed E-state index contributed by atoms with van der Waals surface area (Å²) in [6.07, 6.45) is 0. The molecule has 25 heavy (non-hydrogen) atoms. The van der Waals surface area contributed by atoms with Gasteiger partial charge in [-0.2, -0.15) is 0 Å². The first-order chi connectivity index (χ1) is 12.0. The van der Waals surface area contributed by atoms with Crippen LogP contribution in [0.1, 0.15) is 25.0 Å². The van der Waals surface area contributed by atoms with Crippen molar-refractivity contribution in [3.8, 4) is 0 Å². The fourth-order valence-corrected chi connectivity index (χ4v) is 3.49. The van der Waals surface area contributed by atoms with Gasteiger partial charge in [0.1, 0.15) is 0 Å². The number of nitrogens with one attached hydrogen (secondary N) is 1. The summed E-state index contributed by atoms with van der Waals surface area (Å²) in [5.41, 5.74) is 4.29. The number of hydrogen-bond acceptors (Lipinski definition) is 3. The second kappa shape index (κ2) is 7.74. The van der Waals surface area contributed by atoms with Gasteiger partial charge in [0.2, 0.25) is 5.91 Å². The molecule has 0 saturated carbocycles. The number of nitrogens with zero attached hydrogens (tertiary/aromatic N) is 2. The molecular formula is C20H23N3OS. The van der Waals surface area contributed by atoms with Gasteiger partial charge in [0.05, 0.1) is 16.8 Å². The molecule has 5 heteroatoms. The number of rotatable bonds is 6. The molecule has 0 spiro atoms. The third-order valence-electron chi connectivity index (χ3n) is 4.09. The van der Waals surface area contributed by atoms with Crippen LogP contribution in [0, 0.1) is 6.92 Å². The van der Waals surface area contributed by atoms with Crippen molar-refractivity contribution in [2.75, 3.05) is 5.75 Å². The van der Waals surface area contributed by atoms with E-state index in [0.29, 0.717) is 12.3 Å². The van der Waals surface area contributed by atoms with Crippen molar-refractivity contribution in [1.82, 2.24) is 14.9 Å². The summed E-state index contributed by atoms with van der Waals surface area (Å²) in [5, 5.41) is 0.789. The van der Waals surface area contributed by atoms with E-state index in [1.807, 2.05) is 35.2 Å². The molecule has 0 saturated heterocycles. The van der Waals surface area contributed by atoms with Gasteiger partial charge in [-0.3, -0.25) is 4.79 Å². The van der Waals surface area contributed by atoms with E-state index >= 15 is 0 Å². The van der Waals surface area contributed by atoms with E-state index < -0.39 is 0 Å². The van der Waals surface area contributed by atoms with Gasteiger partial charge in [0.25, 0.3) is 0 Å². The average molecular weight is 353 g/mol. The summed E-state index contributed by atoms with van der Waals surface area (Å²) in [4.78, 5) is 22.4. The molecule has 0 atom stereocenters. The Morgan fingerprint density at radius 3 is 2.68 bits per heavy atom. The second-order valence-electron chi connectivity index (χ2n) is 6.45. The van der Waals surface area contributed by atoms with E-state index in [2.05, 4.69) is 48.9 Å². The van der Waals surface area contributed by atoms with Gasteiger partial charge in [0.15, 0.2) is 5.16 Å². The summed E-state index contributed by atoms with van der Waals surface area (Å²) in [6.45, 7) is 6.79. The van der Waals surface area contributed by atoms with Crippen molar-refractivity contribution < 1.29 is 4.79 Å². The largest absolute Gasteiger partial charge is 0.335 e. The van der Waals surface area contributed by atoms with Crippen LogP contribution in [0.4, 0.5) is 0 Å².